The van der Waals surface area contributed by atoms with E-state index in [0.29, 0.717) is 11.3 Å². The molecule has 3 rings (SSSR count). The molecule has 2 aromatic rings. The molecule has 1 unspecified atom stereocenters. The molecule has 6 nitrogen and oxygen atoms in total. The molecule has 1 fully saturated rings. The van der Waals surface area contributed by atoms with Crippen LogP contribution < -0.4 is 14.9 Å². The Balaban J connectivity index is 0.00000261. The Morgan fingerprint density at radius 3 is 2.52 bits per heavy atom. The van der Waals surface area contributed by atoms with Crippen molar-refractivity contribution in [3.05, 3.63) is 59.7 Å². The van der Waals surface area contributed by atoms with Crippen LogP contribution in [0.15, 0.2) is 53.4 Å². The van der Waals surface area contributed by atoms with Gasteiger partial charge in [0, 0.05) is 25.2 Å². The number of benzene rings is 2. The van der Waals surface area contributed by atoms with E-state index in [0.717, 1.165) is 25.1 Å². The van der Waals surface area contributed by atoms with Crippen molar-refractivity contribution in [2.24, 2.45) is 0 Å². The van der Waals surface area contributed by atoms with Crippen LogP contribution in [0.2, 0.25) is 0 Å². The van der Waals surface area contributed by atoms with Gasteiger partial charge in [-0.15, -0.1) is 12.4 Å². The lowest BCUT2D eigenvalue weighted by Crippen LogP contribution is -2.36. The topological polar surface area (TPSA) is 78.5 Å². The van der Waals surface area contributed by atoms with Gasteiger partial charge in [0.2, 0.25) is 0 Å². The van der Waals surface area contributed by atoms with Crippen LogP contribution in [0.4, 0.5) is 5.69 Å². The first-order valence-electron chi connectivity index (χ1n) is 8.55. The molecule has 1 amide bonds. The van der Waals surface area contributed by atoms with Gasteiger partial charge in [0.15, 0.2) is 0 Å². The fourth-order valence-electron chi connectivity index (χ4n) is 2.90. The SMILES string of the molecule is Cc1ccc(N(C)S(=O)(=O)c2cccc(C(=O)NC3CCNC3)c2)cc1.Cl. The number of sulfonamides is 1. The number of rotatable bonds is 5. The zero-order valence-electron chi connectivity index (χ0n) is 15.3. The van der Waals surface area contributed by atoms with Crippen molar-refractivity contribution in [3.63, 3.8) is 0 Å². The molecule has 0 radical (unpaired) electrons. The smallest absolute Gasteiger partial charge is 0.264 e. The fourth-order valence-corrected chi connectivity index (χ4v) is 4.14. The Hall–Kier alpha value is -2.09. The molecule has 1 atom stereocenters. The molecule has 8 heteroatoms. The van der Waals surface area contributed by atoms with Crippen molar-refractivity contribution in [1.29, 1.82) is 0 Å². The number of anilines is 1. The molecule has 0 bridgehead atoms. The molecule has 27 heavy (non-hydrogen) atoms. The Kier molecular flexibility index (Phi) is 6.86. The number of nitrogens with one attached hydrogen (secondary N) is 2. The number of halogens is 1. The molecule has 0 spiro atoms. The highest BCUT2D eigenvalue weighted by Gasteiger charge is 2.23. The highest BCUT2D eigenvalue weighted by molar-refractivity contribution is 7.92. The van der Waals surface area contributed by atoms with Gasteiger partial charge < -0.3 is 10.6 Å². The molecule has 2 aromatic carbocycles. The minimum absolute atomic E-state index is 0. The Morgan fingerprint density at radius 2 is 1.89 bits per heavy atom. The highest BCUT2D eigenvalue weighted by Crippen LogP contribution is 2.23. The fraction of sp³-hybridized carbons (Fsp3) is 0.316. The van der Waals surface area contributed by atoms with E-state index in [9.17, 15) is 13.2 Å². The molecule has 146 valence electrons. The van der Waals surface area contributed by atoms with Gasteiger partial charge in [-0.25, -0.2) is 8.42 Å². The predicted octanol–water partition coefficient (Wildman–Crippen LogP) is 2.33. The molecule has 0 saturated carbocycles. The number of amides is 1. The number of nitrogens with zero attached hydrogens (tertiary/aromatic N) is 1. The van der Waals surface area contributed by atoms with Gasteiger partial charge in [0.05, 0.1) is 10.6 Å². The average molecular weight is 410 g/mol. The Morgan fingerprint density at radius 1 is 1.19 bits per heavy atom. The van der Waals surface area contributed by atoms with Crippen LogP contribution >= 0.6 is 12.4 Å². The average Bonchev–Trinajstić information content (AvgIpc) is 3.15. The summed E-state index contributed by atoms with van der Waals surface area (Å²) in [6.07, 6.45) is 0.875. The molecule has 2 N–H and O–H groups in total. The quantitative estimate of drug-likeness (QED) is 0.794. The maximum absolute atomic E-state index is 12.9. The van der Waals surface area contributed by atoms with E-state index >= 15 is 0 Å². The van der Waals surface area contributed by atoms with E-state index in [1.54, 1.807) is 24.3 Å². The van der Waals surface area contributed by atoms with E-state index < -0.39 is 10.0 Å². The molecule has 1 aliphatic rings. The molecule has 1 saturated heterocycles. The zero-order valence-corrected chi connectivity index (χ0v) is 16.9. The predicted molar refractivity (Wildman–Crippen MR) is 109 cm³/mol. The second-order valence-electron chi connectivity index (χ2n) is 6.50. The van der Waals surface area contributed by atoms with Crippen molar-refractivity contribution in [3.8, 4) is 0 Å². The molecule has 0 aliphatic carbocycles. The van der Waals surface area contributed by atoms with E-state index in [-0.39, 0.29) is 29.3 Å². The summed E-state index contributed by atoms with van der Waals surface area (Å²) in [4.78, 5) is 12.5. The van der Waals surface area contributed by atoms with Gasteiger partial charge >= 0.3 is 0 Å². The van der Waals surface area contributed by atoms with Crippen molar-refractivity contribution in [1.82, 2.24) is 10.6 Å². The molecule has 0 aromatic heterocycles. The minimum atomic E-state index is -3.75. The number of hydrogen-bond acceptors (Lipinski definition) is 4. The third-order valence-electron chi connectivity index (χ3n) is 4.55. The first-order chi connectivity index (χ1) is 12.4. The molecular formula is C19H24ClN3O3S. The van der Waals surface area contributed by atoms with Crippen molar-refractivity contribution < 1.29 is 13.2 Å². The lowest BCUT2D eigenvalue weighted by Gasteiger charge is -2.20. The monoisotopic (exact) mass is 409 g/mol. The lowest BCUT2D eigenvalue weighted by atomic mass is 10.2. The summed E-state index contributed by atoms with van der Waals surface area (Å²) in [6.45, 7) is 3.56. The van der Waals surface area contributed by atoms with Crippen LogP contribution in [0.1, 0.15) is 22.3 Å². The van der Waals surface area contributed by atoms with E-state index in [2.05, 4.69) is 10.6 Å². The van der Waals surface area contributed by atoms with Gasteiger partial charge in [-0.1, -0.05) is 23.8 Å². The first-order valence-corrected chi connectivity index (χ1v) is 9.99. The van der Waals surface area contributed by atoms with Crippen LogP contribution in [-0.4, -0.2) is 40.5 Å². The highest BCUT2D eigenvalue weighted by atomic mass is 35.5. The van der Waals surface area contributed by atoms with Crippen LogP contribution in [-0.2, 0) is 10.0 Å². The maximum atomic E-state index is 12.9. The summed E-state index contributed by atoms with van der Waals surface area (Å²) in [6, 6.07) is 13.5. The number of carbonyl (C=O) groups excluding carboxylic acids is 1. The third-order valence-corrected chi connectivity index (χ3v) is 6.33. The summed E-state index contributed by atoms with van der Waals surface area (Å²) in [5.41, 5.74) is 1.97. The van der Waals surface area contributed by atoms with Crippen LogP contribution in [0, 0.1) is 6.92 Å². The molecule has 1 heterocycles. The van der Waals surface area contributed by atoms with Gasteiger partial charge in [-0.05, 0) is 50.2 Å². The summed E-state index contributed by atoms with van der Waals surface area (Å²) in [5.74, 6) is -0.256. The summed E-state index contributed by atoms with van der Waals surface area (Å²) < 4.78 is 27.1. The van der Waals surface area contributed by atoms with Crippen molar-refractivity contribution in [2.45, 2.75) is 24.3 Å². The summed E-state index contributed by atoms with van der Waals surface area (Å²) in [5, 5.41) is 6.12. The van der Waals surface area contributed by atoms with Crippen molar-refractivity contribution in [2.75, 3.05) is 24.4 Å². The van der Waals surface area contributed by atoms with E-state index in [1.807, 2.05) is 19.1 Å². The van der Waals surface area contributed by atoms with E-state index in [4.69, 9.17) is 0 Å². The van der Waals surface area contributed by atoms with Crippen molar-refractivity contribution >= 4 is 34.0 Å². The van der Waals surface area contributed by atoms with Gasteiger partial charge in [0.25, 0.3) is 15.9 Å². The van der Waals surface area contributed by atoms with E-state index in [1.165, 1.54) is 23.5 Å². The lowest BCUT2D eigenvalue weighted by molar-refractivity contribution is 0.0940. The molecule has 1 aliphatic heterocycles. The van der Waals surface area contributed by atoms with Crippen LogP contribution in [0.25, 0.3) is 0 Å². The second-order valence-corrected chi connectivity index (χ2v) is 8.47. The second kappa shape index (κ2) is 8.73. The summed E-state index contributed by atoms with van der Waals surface area (Å²) >= 11 is 0. The zero-order chi connectivity index (χ0) is 18.7. The van der Waals surface area contributed by atoms with Gasteiger partial charge in [-0.3, -0.25) is 9.10 Å². The number of hydrogen-bond donors (Lipinski definition) is 2. The largest absolute Gasteiger partial charge is 0.348 e. The van der Waals surface area contributed by atoms with Crippen LogP contribution in [0.3, 0.4) is 0 Å². The number of carbonyl (C=O) groups is 1. The molecular weight excluding hydrogens is 386 g/mol. The first kappa shape index (κ1) is 21.2. The summed E-state index contributed by atoms with van der Waals surface area (Å²) in [7, 11) is -2.24. The standard InChI is InChI=1S/C19H23N3O3S.ClH/c1-14-6-8-17(9-7-14)22(2)26(24,25)18-5-3-4-15(12-18)19(23)21-16-10-11-20-13-16;/h3-9,12,16,20H,10-11,13H2,1-2H3,(H,21,23);1H. The third kappa shape index (κ3) is 4.80. The minimum Gasteiger partial charge on any atom is -0.348 e. The number of aryl methyl sites for hydroxylation is 1. The normalized spacial score (nSPS) is 16.4. The maximum Gasteiger partial charge on any atom is 0.264 e. The Labute approximate surface area is 166 Å². The van der Waals surface area contributed by atoms with Crippen LogP contribution in [0.5, 0.6) is 0 Å². The van der Waals surface area contributed by atoms with Gasteiger partial charge in [-0.2, -0.15) is 0 Å². The Bertz CT molecular complexity index is 895. The van der Waals surface area contributed by atoms with Gasteiger partial charge in [0.1, 0.15) is 0 Å².